The molecule has 162 valence electrons. The number of rotatable bonds is 8. The SMILES string of the molecule is CCCCCC([N+]1(C2CCCCC2)CCCC1)[N+]1(C2CCCCC2)CCCC1. The molecule has 2 saturated heterocycles. The molecule has 0 aromatic heterocycles. The summed E-state index contributed by atoms with van der Waals surface area (Å²) in [4.78, 5) is 0. The van der Waals surface area contributed by atoms with Gasteiger partial charge in [-0.2, -0.15) is 0 Å². The highest BCUT2D eigenvalue weighted by Gasteiger charge is 2.58. The van der Waals surface area contributed by atoms with Gasteiger partial charge in [-0.3, -0.25) is 8.97 Å². The Hall–Kier alpha value is -0.0800. The van der Waals surface area contributed by atoms with Crippen molar-refractivity contribution in [2.45, 2.75) is 141 Å². The molecule has 2 saturated carbocycles. The van der Waals surface area contributed by atoms with Crippen molar-refractivity contribution in [1.29, 1.82) is 0 Å². The number of unbranched alkanes of at least 4 members (excludes halogenated alkanes) is 2. The van der Waals surface area contributed by atoms with E-state index in [1.807, 2.05) is 0 Å². The zero-order valence-electron chi connectivity index (χ0n) is 19.2. The first kappa shape index (κ1) is 21.2. The highest BCUT2D eigenvalue weighted by molar-refractivity contribution is 4.78. The minimum absolute atomic E-state index is 0.961. The molecule has 2 nitrogen and oxygen atoms in total. The average molecular weight is 391 g/mol. The van der Waals surface area contributed by atoms with Crippen LogP contribution < -0.4 is 0 Å². The van der Waals surface area contributed by atoms with Crippen molar-refractivity contribution in [1.82, 2.24) is 0 Å². The second-order valence-electron chi connectivity index (χ2n) is 11.1. The maximum Gasteiger partial charge on any atom is 0.217 e. The zero-order valence-corrected chi connectivity index (χ0v) is 19.2. The van der Waals surface area contributed by atoms with E-state index >= 15 is 0 Å². The van der Waals surface area contributed by atoms with E-state index in [-0.39, 0.29) is 0 Å². The Labute approximate surface area is 176 Å². The average Bonchev–Trinajstić information content (AvgIpc) is 3.44. The van der Waals surface area contributed by atoms with Gasteiger partial charge in [-0.05, 0) is 57.8 Å². The van der Waals surface area contributed by atoms with Crippen LogP contribution in [0.2, 0.25) is 0 Å². The van der Waals surface area contributed by atoms with E-state index in [1.165, 1.54) is 110 Å². The van der Waals surface area contributed by atoms with Crippen LogP contribution in [0.1, 0.15) is 122 Å². The molecule has 0 unspecified atom stereocenters. The lowest BCUT2D eigenvalue weighted by Crippen LogP contribution is -2.74. The van der Waals surface area contributed by atoms with Gasteiger partial charge in [0.2, 0.25) is 6.17 Å². The molecule has 0 atom stereocenters. The van der Waals surface area contributed by atoms with Gasteiger partial charge in [0.15, 0.2) is 0 Å². The van der Waals surface area contributed by atoms with E-state index in [4.69, 9.17) is 0 Å². The molecule has 4 aliphatic rings. The van der Waals surface area contributed by atoms with Crippen molar-refractivity contribution in [2.75, 3.05) is 26.2 Å². The lowest BCUT2D eigenvalue weighted by atomic mass is 9.88. The Morgan fingerprint density at radius 1 is 0.571 bits per heavy atom. The van der Waals surface area contributed by atoms with Crippen LogP contribution in [0.5, 0.6) is 0 Å². The van der Waals surface area contributed by atoms with Crippen LogP contribution in [0, 0.1) is 0 Å². The van der Waals surface area contributed by atoms with E-state index in [9.17, 15) is 0 Å². The second kappa shape index (κ2) is 9.82. The first-order chi connectivity index (χ1) is 13.8. The third-order valence-electron chi connectivity index (χ3n) is 9.65. The lowest BCUT2D eigenvalue weighted by Gasteiger charge is -2.57. The van der Waals surface area contributed by atoms with Gasteiger partial charge in [0.25, 0.3) is 0 Å². The summed E-state index contributed by atoms with van der Waals surface area (Å²) in [7, 11) is 0. The largest absolute Gasteiger partial charge is 0.272 e. The van der Waals surface area contributed by atoms with Gasteiger partial charge < -0.3 is 0 Å². The second-order valence-corrected chi connectivity index (χ2v) is 11.1. The van der Waals surface area contributed by atoms with Crippen molar-refractivity contribution < 1.29 is 8.97 Å². The van der Waals surface area contributed by atoms with Gasteiger partial charge in [-0.15, -0.1) is 0 Å². The van der Waals surface area contributed by atoms with Gasteiger partial charge >= 0.3 is 0 Å². The summed E-state index contributed by atoms with van der Waals surface area (Å²) in [6.45, 7) is 8.54. The Kier molecular flexibility index (Phi) is 7.42. The first-order valence-corrected chi connectivity index (χ1v) is 13.5. The fraction of sp³-hybridized carbons (Fsp3) is 1.00. The van der Waals surface area contributed by atoms with Crippen molar-refractivity contribution in [2.24, 2.45) is 0 Å². The zero-order chi connectivity index (χ0) is 19.3. The number of likely N-dealkylation sites (tertiary alicyclic amines) is 2. The van der Waals surface area contributed by atoms with Crippen LogP contribution in [0.4, 0.5) is 0 Å². The van der Waals surface area contributed by atoms with E-state index < -0.39 is 0 Å². The normalized spacial score (nSPS) is 28.9. The summed E-state index contributed by atoms with van der Waals surface area (Å²) in [6, 6.07) is 2.03. The highest BCUT2D eigenvalue weighted by Crippen LogP contribution is 2.45. The van der Waals surface area contributed by atoms with Crippen LogP contribution in [0.25, 0.3) is 0 Å². The Bertz CT molecular complexity index is 411. The molecule has 0 bridgehead atoms. The van der Waals surface area contributed by atoms with Crippen LogP contribution in [-0.2, 0) is 0 Å². The van der Waals surface area contributed by atoms with E-state index in [2.05, 4.69) is 6.92 Å². The van der Waals surface area contributed by atoms with Gasteiger partial charge in [-0.1, -0.05) is 32.6 Å². The van der Waals surface area contributed by atoms with Gasteiger partial charge in [0.05, 0.1) is 44.7 Å². The maximum absolute atomic E-state index is 2.40. The van der Waals surface area contributed by atoms with E-state index in [0.717, 1.165) is 18.2 Å². The molecule has 0 aromatic carbocycles. The standard InChI is InChI=1S/C26H50N2/c1-2-3-6-19-26(27(20-11-12-21-27)24-15-7-4-8-16-24)28(22-13-14-23-28)25-17-9-5-10-18-25/h24-26H,2-23H2,1H3/q+2. The highest BCUT2D eigenvalue weighted by atomic mass is 15.6. The predicted molar refractivity (Wildman–Crippen MR) is 120 cm³/mol. The molecule has 0 spiro atoms. The molecule has 0 N–H and O–H groups in total. The van der Waals surface area contributed by atoms with Crippen LogP contribution >= 0.6 is 0 Å². The summed E-state index contributed by atoms with van der Waals surface area (Å²) >= 11 is 0. The Morgan fingerprint density at radius 3 is 1.39 bits per heavy atom. The molecule has 0 radical (unpaired) electrons. The quantitative estimate of drug-likeness (QED) is 0.316. The fourth-order valence-electron chi connectivity index (χ4n) is 8.40. The number of quaternary nitrogens is 2. The minimum atomic E-state index is 0.961. The predicted octanol–water partition coefficient (Wildman–Crippen LogP) is 6.78. The van der Waals surface area contributed by atoms with Crippen molar-refractivity contribution in [3.05, 3.63) is 0 Å². The third kappa shape index (κ3) is 4.07. The topological polar surface area (TPSA) is 0 Å². The number of hydrogen-bond donors (Lipinski definition) is 0. The first-order valence-electron chi connectivity index (χ1n) is 13.5. The molecule has 2 aliphatic carbocycles. The molecule has 2 aliphatic heterocycles. The Morgan fingerprint density at radius 2 is 1.00 bits per heavy atom. The summed E-state index contributed by atoms with van der Waals surface area (Å²) in [5, 5.41) is 0. The molecule has 2 heteroatoms. The number of hydrogen-bond acceptors (Lipinski definition) is 0. The van der Waals surface area contributed by atoms with E-state index in [1.54, 1.807) is 41.1 Å². The summed E-state index contributed by atoms with van der Waals surface area (Å²) in [5.41, 5.74) is 0. The fourth-order valence-corrected chi connectivity index (χ4v) is 8.40. The smallest absolute Gasteiger partial charge is 0.217 e. The summed E-state index contributed by atoms with van der Waals surface area (Å²) in [5.74, 6) is 0. The van der Waals surface area contributed by atoms with Gasteiger partial charge in [0.1, 0.15) is 0 Å². The Balaban J connectivity index is 1.67. The lowest BCUT2D eigenvalue weighted by molar-refractivity contribution is -1.15. The molecule has 28 heavy (non-hydrogen) atoms. The molecule has 4 fully saturated rings. The van der Waals surface area contributed by atoms with Crippen LogP contribution in [0.15, 0.2) is 0 Å². The molecule has 2 heterocycles. The van der Waals surface area contributed by atoms with E-state index in [0.29, 0.717) is 0 Å². The van der Waals surface area contributed by atoms with Crippen molar-refractivity contribution in [3.63, 3.8) is 0 Å². The maximum atomic E-state index is 2.40. The van der Waals surface area contributed by atoms with Crippen molar-refractivity contribution in [3.8, 4) is 0 Å². The van der Waals surface area contributed by atoms with Crippen molar-refractivity contribution >= 4 is 0 Å². The summed E-state index contributed by atoms with van der Waals surface area (Å²) in [6.07, 6.45) is 28.3. The van der Waals surface area contributed by atoms with Gasteiger partial charge in [-0.25, -0.2) is 0 Å². The third-order valence-corrected chi connectivity index (χ3v) is 9.65. The molecule has 0 amide bonds. The molecule has 0 aromatic rings. The number of nitrogens with zero attached hydrogens (tertiary/aromatic N) is 2. The molecular formula is C26H50N2+2. The monoisotopic (exact) mass is 390 g/mol. The molecule has 4 rings (SSSR count). The molecular weight excluding hydrogens is 340 g/mol. The minimum Gasteiger partial charge on any atom is -0.272 e. The van der Waals surface area contributed by atoms with Crippen LogP contribution in [-0.4, -0.2) is 53.4 Å². The van der Waals surface area contributed by atoms with Gasteiger partial charge in [0, 0.05) is 25.7 Å². The summed E-state index contributed by atoms with van der Waals surface area (Å²) < 4.78 is 3.17. The van der Waals surface area contributed by atoms with Crippen LogP contribution in [0.3, 0.4) is 0 Å².